The first kappa shape index (κ1) is 19.7. The molecule has 0 radical (unpaired) electrons. The topological polar surface area (TPSA) is 91.0 Å². The Bertz CT molecular complexity index is 1080. The molecular formula is C21H19F2N5O2. The Balaban J connectivity index is 1.51. The first-order valence-electron chi connectivity index (χ1n) is 9.36. The van der Waals surface area contributed by atoms with Gasteiger partial charge in [-0.15, -0.1) is 5.10 Å². The summed E-state index contributed by atoms with van der Waals surface area (Å²) in [7, 11) is 1.41. The highest BCUT2D eigenvalue weighted by atomic mass is 19.3. The summed E-state index contributed by atoms with van der Waals surface area (Å²) in [5.41, 5.74) is 0.839. The van der Waals surface area contributed by atoms with Gasteiger partial charge in [-0.25, -0.2) is 13.8 Å². The summed E-state index contributed by atoms with van der Waals surface area (Å²) in [6.45, 7) is 0. The number of nitrogens with one attached hydrogen (secondary N) is 2. The highest BCUT2D eigenvalue weighted by Crippen LogP contribution is 2.41. The molecule has 1 aromatic heterocycles. The summed E-state index contributed by atoms with van der Waals surface area (Å²) in [6, 6.07) is 13.9. The van der Waals surface area contributed by atoms with Crippen LogP contribution in [-0.4, -0.2) is 40.1 Å². The summed E-state index contributed by atoms with van der Waals surface area (Å²) in [6.07, 6.45) is -0.417. The molecule has 3 aromatic rings. The van der Waals surface area contributed by atoms with Gasteiger partial charge in [0.15, 0.2) is 0 Å². The molecule has 2 amide bonds. The molecule has 1 aliphatic heterocycles. The first-order valence-corrected chi connectivity index (χ1v) is 9.36. The van der Waals surface area contributed by atoms with Crippen molar-refractivity contribution in [1.82, 2.24) is 20.5 Å². The van der Waals surface area contributed by atoms with Gasteiger partial charge >= 0.3 is 0 Å². The largest absolute Gasteiger partial charge is 0.337 e. The average molecular weight is 411 g/mol. The molecule has 30 heavy (non-hydrogen) atoms. The number of hydrogen-bond donors (Lipinski definition) is 2. The van der Waals surface area contributed by atoms with Crippen LogP contribution in [0.1, 0.15) is 34.0 Å². The maximum absolute atomic E-state index is 14.8. The molecule has 0 saturated carbocycles. The van der Waals surface area contributed by atoms with Crippen molar-refractivity contribution >= 4 is 17.5 Å². The predicted octanol–water partition coefficient (Wildman–Crippen LogP) is 2.65. The number of rotatable bonds is 4. The number of aromatic nitrogens is 3. The second-order valence-electron chi connectivity index (χ2n) is 7.12. The van der Waals surface area contributed by atoms with Crippen molar-refractivity contribution in [3.8, 4) is 0 Å². The maximum atomic E-state index is 14.8. The Hall–Kier alpha value is -3.62. The highest BCUT2D eigenvalue weighted by molar-refractivity contribution is 6.02. The molecule has 1 aliphatic rings. The Morgan fingerprint density at radius 1 is 1.20 bits per heavy atom. The number of aromatic amines is 1. The van der Waals surface area contributed by atoms with Gasteiger partial charge in [0.05, 0.1) is 5.69 Å². The summed E-state index contributed by atoms with van der Waals surface area (Å²) >= 11 is 0. The number of hydrogen-bond acceptors (Lipinski definition) is 4. The Morgan fingerprint density at radius 3 is 2.67 bits per heavy atom. The van der Waals surface area contributed by atoms with Gasteiger partial charge in [0.1, 0.15) is 11.9 Å². The molecule has 7 nitrogen and oxygen atoms in total. The fourth-order valence-corrected chi connectivity index (χ4v) is 3.48. The molecule has 0 saturated heterocycles. The van der Waals surface area contributed by atoms with Crippen LogP contribution < -0.4 is 10.2 Å². The van der Waals surface area contributed by atoms with E-state index in [1.807, 2.05) is 30.3 Å². The van der Waals surface area contributed by atoms with E-state index in [0.717, 1.165) is 10.5 Å². The van der Waals surface area contributed by atoms with E-state index in [1.165, 1.54) is 25.2 Å². The lowest BCUT2D eigenvalue weighted by Gasteiger charge is -2.21. The van der Waals surface area contributed by atoms with Crippen LogP contribution in [0.5, 0.6) is 0 Å². The Kier molecular flexibility index (Phi) is 5.03. The van der Waals surface area contributed by atoms with Crippen molar-refractivity contribution in [3.05, 3.63) is 77.4 Å². The van der Waals surface area contributed by atoms with E-state index >= 15 is 0 Å². The number of para-hydroxylation sites is 1. The first-order chi connectivity index (χ1) is 14.3. The third-order valence-electron chi connectivity index (χ3n) is 5.00. The molecule has 4 rings (SSSR count). The quantitative estimate of drug-likeness (QED) is 0.691. The van der Waals surface area contributed by atoms with Crippen molar-refractivity contribution in [2.45, 2.75) is 24.8 Å². The molecule has 0 aliphatic carbocycles. The average Bonchev–Trinajstić information content (AvgIpc) is 3.19. The zero-order valence-corrected chi connectivity index (χ0v) is 16.1. The number of H-pyrrole nitrogens is 1. The van der Waals surface area contributed by atoms with Gasteiger partial charge in [-0.05, 0) is 11.6 Å². The van der Waals surface area contributed by atoms with Gasteiger partial charge in [-0.2, -0.15) is 0 Å². The number of nitrogens with zero attached hydrogens (tertiary/aromatic N) is 3. The lowest BCUT2D eigenvalue weighted by Crippen LogP contribution is -2.48. The molecule has 0 bridgehead atoms. The number of alkyl halides is 2. The maximum Gasteiger partial charge on any atom is 0.291 e. The zero-order chi connectivity index (χ0) is 21.3. The van der Waals surface area contributed by atoms with Gasteiger partial charge in [0, 0.05) is 25.5 Å². The van der Waals surface area contributed by atoms with Crippen molar-refractivity contribution < 1.29 is 18.4 Å². The van der Waals surface area contributed by atoms with Crippen LogP contribution in [0.25, 0.3) is 0 Å². The minimum Gasteiger partial charge on any atom is -0.337 e. The number of carbonyl (C=O) groups is 2. The Morgan fingerprint density at radius 2 is 1.90 bits per heavy atom. The minimum absolute atomic E-state index is 0.118. The smallest absolute Gasteiger partial charge is 0.291 e. The van der Waals surface area contributed by atoms with Crippen LogP contribution in [-0.2, 0) is 17.1 Å². The summed E-state index contributed by atoms with van der Waals surface area (Å²) in [5.74, 6) is -4.46. The second-order valence-corrected chi connectivity index (χ2v) is 7.12. The third-order valence-corrected chi connectivity index (χ3v) is 5.00. The molecule has 154 valence electrons. The SMILES string of the molecule is CN1C(=O)C(NC(=O)c2n[nH]c(Cc3ccccc3)n2)CC(F)(F)c2ccccc21. The van der Waals surface area contributed by atoms with Crippen molar-refractivity contribution in [1.29, 1.82) is 0 Å². The fourth-order valence-electron chi connectivity index (χ4n) is 3.48. The van der Waals surface area contributed by atoms with E-state index in [9.17, 15) is 18.4 Å². The standard InChI is InChI=1S/C21H19F2N5O2/c1-28-16-10-6-5-9-14(16)21(22,23)12-15(20(28)30)24-19(29)18-25-17(26-27-18)11-13-7-3-2-4-8-13/h2-10,15H,11-12H2,1H3,(H,24,29)(H,25,26,27). The van der Waals surface area contributed by atoms with Crippen LogP contribution in [0.2, 0.25) is 0 Å². The van der Waals surface area contributed by atoms with E-state index in [0.29, 0.717) is 12.2 Å². The van der Waals surface area contributed by atoms with Gasteiger partial charge < -0.3 is 10.2 Å². The summed E-state index contributed by atoms with van der Waals surface area (Å²) in [5, 5.41) is 8.90. The van der Waals surface area contributed by atoms with Gasteiger partial charge in [-0.1, -0.05) is 48.5 Å². The molecule has 1 unspecified atom stereocenters. The molecular weight excluding hydrogens is 392 g/mol. The second kappa shape index (κ2) is 7.66. The molecule has 0 fully saturated rings. The lowest BCUT2D eigenvalue weighted by atomic mass is 10.0. The monoisotopic (exact) mass is 411 g/mol. The van der Waals surface area contributed by atoms with Gasteiger partial charge in [0.2, 0.25) is 11.7 Å². The summed E-state index contributed by atoms with van der Waals surface area (Å²) in [4.78, 5) is 30.6. The van der Waals surface area contributed by atoms with Crippen LogP contribution in [0.4, 0.5) is 14.5 Å². The zero-order valence-electron chi connectivity index (χ0n) is 16.1. The third kappa shape index (κ3) is 3.78. The number of halogens is 2. The van der Waals surface area contributed by atoms with E-state index in [4.69, 9.17) is 0 Å². The molecule has 1 atom stereocenters. The normalized spacial score (nSPS) is 17.9. The highest BCUT2D eigenvalue weighted by Gasteiger charge is 2.45. The molecule has 0 spiro atoms. The number of carbonyl (C=O) groups excluding carboxylic acids is 2. The van der Waals surface area contributed by atoms with Crippen molar-refractivity contribution in [2.75, 3.05) is 11.9 Å². The van der Waals surface area contributed by atoms with Gasteiger partial charge in [-0.3, -0.25) is 14.7 Å². The van der Waals surface area contributed by atoms with Crippen LogP contribution in [0.15, 0.2) is 54.6 Å². The number of anilines is 1. The van der Waals surface area contributed by atoms with Gasteiger partial charge in [0.25, 0.3) is 11.8 Å². The number of benzene rings is 2. The fraction of sp³-hybridized carbons (Fsp3) is 0.238. The van der Waals surface area contributed by atoms with Crippen molar-refractivity contribution in [3.63, 3.8) is 0 Å². The minimum atomic E-state index is -3.29. The lowest BCUT2D eigenvalue weighted by molar-refractivity contribution is -0.122. The molecule has 9 heteroatoms. The van der Waals surface area contributed by atoms with Crippen LogP contribution >= 0.6 is 0 Å². The number of fused-ring (bicyclic) bond motifs is 1. The summed E-state index contributed by atoms with van der Waals surface area (Å²) < 4.78 is 29.6. The van der Waals surface area contributed by atoms with Crippen LogP contribution in [0, 0.1) is 0 Å². The molecule has 2 aromatic carbocycles. The van der Waals surface area contributed by atoms with Crippen molar-refractivity contribution in [2.24, 2.45) is 0 Å². The van der Waals surface area contributed by atoms with E-state index in [1.54, 1.807) is 6.07 Å². The van der Waals surface area contributed by atoms with E-state index in [2.05, 4.69) is 20.5 Å². The van der Waals surface area contributed by atoms with Crippen LogP contribution in [0.3, 0.4) is 0 Å². The van der Waals surface area contributed by atoms with E-state index in [-0.39, 0.29) is 17.1 Å². The molecule has 2 N–H and O–H groups in total. The predicted molar refractivity (Wildman–Crippen MR) is 105 cm³/mol. The molecule has 2 heterocycles. The number of likely N-dealkylation sites (N-methyl/N-ethyl adjacent to an activating group) is 1. The van der Waals surface area contributed by atoms with E-state index < -0.39 is 30.2 Å². The number of amides is 2. The Labute approximate surface area is 171 Å².